The van der Waals surface area contributed by atoms with Crippen LogP contribution in [0.15, 0.2) is 30.5 Å². The normalized spacial score (nSPS) is 15.2. The van der Waals surface area contributed by atoms with Crippen LogP contribution in [-0.4, -0.2) is 23.7 Å². The van der Waals surface area contributed by atoms with Crippen LogP contribution < -0.4 is 10.6 Å². The number of nitrogens with zero attached hydrogens (tertiary/aromatic N) is 2. The average Bonchev–Trinajstić information content (AvgIpc) is 2.82. The highest BCUT2D eigenvalue weighted by Crippen LogP contribution is 2.32. The van der Waals surface area contributed by atoms with Crippen molar-refractivity contribution in [1.82, 2.24) is 4.98 Å². The number of aromatic nitrogens is 1. The second-order valence-corrected chi connectivity index (χ2v) is 5.45. The zero-order chi connectivity index (χ0) is 14.3. The Morgan fingerprint density at radius 3 is 2.95 bits per heavy atom. The zero-order valence-electron chi connectivity index (χ0n) is 11.8. The van der Waals surface area contributed by atoms with E-state index in [1.54, 1.807) is 6.20 Å². The minimum Gasteiger partial charge on any atom is -0.384 e. The number of rotatable bonds is 2. The topological polar surface area (TPSA) is 62.4 Å². The minimum absolute atomic E-state index is 0.390. The van der Waals surface area contributed by atoms with E-state index in [1.165, 1.54) is 11.3 Å². The number of nitrogens with two attached hydrogens (primary N) is 1. The summed E-state index contributed by atoms with van der Waals surface area (Å²) in [5.74, 6) is 0.390. The maximum absolute atomic E-state index is 10.6. The van der Waals surface area contributed by atoms with Crippen LogP contribution in [0.25, 0.3) is 0 Å². The third kappa shape index (κ3) is 2.12. The van der Waals surface area contributed by atoms with Gasteiger partial charge in [0.2, 0.25) is 0 Å². The number of aliphatic hydroxyl groups is 1. The number of aliphatic hydroxyl groups excluding tert-OH is 1. The lowest BCUT2D eigenvalue weighted by molar-refractivity contribution is 0.220. The maximum atomic E-state index is 10.6. The van der Waals surface area contributed by atoms with Crippen LogP contribution >= 0.6 is 0 Å². The molecule has 1 aromatic carbocycles. The van der Waals surface area contributed by atoms with Crippen LogP contribution in [0.3, 0.4) is 0 Å². The van der Waals surface area contributed by atoms with Crippen molar-refractivity contribution < 1.29 is 5.11 Å². The highest BCUT2D eigenvalue weighted by Gasteiger charge is 2.20. The summed E-state index contributed by atoms with van der Waals surface area (Å²) in [6, 6.07) is 8.00. The summed E-state index contributed by atoms with van der Waals surface area (Å²) in [5, 5.41) is 10.6. The number of hydrogen-bond acceptors (Lipinski definition) is 4. The van der Waals surface area contributed by atoms with Gasteiger partial charge in [0, 0.05) is 31.0 Å². The molecule has 2 aromatic rings. The van der Waals surface area contributed by atoms with E-state index < -0.39 is 6.10 Å². The predicted molar refractivity (Wildman–Crippen MR) is 80.9 cm³/mol. The van der Waals surface area contributed by atoms with Crippen molar-refractivity contribution in [2.24, 2.45) is 0 Å². The highest BCUT2D eigenvalue weighted by molar-refractivity contribution is 5.59. The van der Waals surface area contributed by atoms with Gasteiger partial charge in [-0.05, 0) is 42.2 Å². The van der Waals surface area contributed by atoms with Crippen LogP contribution in [-0.2, 0) is 6.42 Å². The van der Waals surface area contributed by atoms with Gasteiger partial charge in [0.15, 0.2) is 0 Å². The summed E-state index contributed by atoms with van der Waals surface area (Å²) in [5.41, 5.74) is 11.0. The van der Waals surface area contributed by atoms with E-state index in [0.29, 0.717) is 11.4 Å². The third-order valence-electron chi connectivity index (χ3n) is 3.93. The molecule has 1 atom stereocenters. The van der Waals surface area contributed by atoms with Crippen molar-refractivity contribution in [3.05, 3.63) is 52.7 Å². The number of hydrogen-bond donors (Lipinski definition) is 2. The van der Waals surface area contributed by atoms with Gasteiger partial charge in [-0.3, -0.25) is 0 Å². The lowest BCUT2D eigenvalue weighted by atomic mass is 9.98. The molecule has 0 aliphatic carbocycles. The highest BCUT2D eigenvalue weighted by atomic mass is 16.3. The van der Waals surface area contributed by atoms with E-state index in [1.807, 2.05) is 19.1 Å². The van der Waals surface area contributed by atoms with E-state index >= 15 is 0 Å². The van der Waals surface area contributed by atoms with E-state index in [0.717, 1.165) is 24.1 Å². The molecule has 4 nitrogen and oxygen atoms in total. The first-order chi connectivity index (χ1) is 9.56. The quantitative estimate of drug-likeness (QED) is 0.876. The predicted octanol–water partition coefficient (Wildman–Crippen LogP) is 2.05. The molecule has 3 rings (SSSR count). The van der Waals surface area contributed by atoms with Gasteiger partial charge >= 0.3 is 0 Å². The largest absolute Gasteiger partial charge is 0.384 e. The number of nitrogen functional groups attached to an aromatic ring is 1. The molecule has 0 radical (unpaired) electrons. The number of likely N-dealkylation sites (N-methyl/N-ethyl adjacent to an activating group) is 1. The molecule has 0 spiro atoms. The fraction of sp³-hybridized carbons (Fsp3) is 0.312. The number of anilines is 2. The van der Waals surface area contributed by atoms with Crippen molar-refractivity contribution in [2.75, 3.05) is 24.2 Å². The van der Waals surface area contributed by atoms with Gasteiger partial charge in [-0.2, -0.15) is 0 Å². The van der Waals surface area contributed by atoms with E-state index in [2.05, 4.69) is 29.1 Å². The number of fused-ring (bicyclic) bond motifs is 1. The van der Waals surface area contributed by atoms with Gasteiger partial charge in [0.1, 0.15) is 11.9 Å². The first-order valence-electron chi connectivity index (χ1n) is 6.80. The van der Waals surface area contributed by atoms with Gasteiger partial charge in [0.05, 0.1) is 0 Å². The molecule has 1 unspecified atom stereocenters. The molecule has 1 aliphatic heterocycles. The Morgan fingerprint density at radius 2 is 2.15 bits per heavy atom. The van der Waals surface area contributed by atoms with Crippen molar-refractivity contribution >= 4 is 11.5 Å². The molecule has 1 aromatic heterocycles. The second kappa shape index (κ2) is 4.80. The summed E-state index contributed by atoms with van der Waals surface area (Å²) >= 11 is 0. The number of pyridine rings is 1. The van der Waals surface area contributed by atoms with Crippen LogP contribution in [0.2, 0.25) is 0 Å². The van der Waals surface area contributed by atoms with Gasteiger partial charge in [-0.1, -0.05) is 12.1 Å². The molecule has 20 heavy (non-hydrogen) atoms. The standard InChI is InChI=1S/C16H19N3O/c1-10-7-13(16(17)18-9-10)15(20)12-3-4-14-11(8-12)5-6-19(14)2/h3-4,7-9,15,20H,5-6H2,1-2H3,(H2,17,18). The van der Waals surface area contributed by atoms with Crippen LogP contribution in [0, 0.1) is 6.92 Å². The van der Waals surface area contributed by atoms with Crippen LogP contribution in [0.5, 0.6) is 0 Å². The average molecular weight is 269 g/mol. The molecular weight excluding hydrogens is 250 g/mol. The Bertz CT molecular complexity index is 654. The Balaban J connectivity index is 1.99. The number of benzene rings is 1. The second-order valence-electron chi connectivity index (χ2n) is 5.45. The Labute approximate surface area is 118 Å². The minimum atomic E-state index is -0.724. The first-order valence-corrected chi connectivity index (χ1v) is 6.80. The molecular formula is C16H19N3O. The molecule has 0 saturated carbocycles. The molecule has 2 heterocycles. The summed E-state index contributed by atoms with van der Waals surface area (Å²) in [6.45, 7) is 2.98. The van der Waals surface area contributed by atoms with Gasteiger partial charge in [0.25, 0.3) is 0 Å². The lowest BCUT2D eigenvalue weighted by Gasteiger charge is -2.16. The smallest absolute Gasteiger partial charge is 0.129 e. The van der Waals surface area contributed by atoms with Crippen LogP contribution in [0.4, 0.5) is 11.5 Å². The first kappa shape index (κ1) is 12.9. The van der Waals surface area contributed by atoms with Crippen molar-refractivity contribution in [2.45, 2.75) is 19.4 Å². The Morgan fingerprint density at radius 1 is 1.35 bits per heavy atom. The maximum Gasteiger partial charge on any atom is 0.129 e. The SMILES string of the molecule is Cc1cnc(N)c(C(O)c2ccc3c(c2)CCN3C)c1. The summed E-state index contributed by atoms with van der Waals surface area (Å²) in [7, 11) is 2.09. The summed E-state index contributed by atoms with van der Waals surface area (Å²) in [6.07, 6.45) is 2.01. The van der Waals surface area contributed by atoms with Gasteiger partial charge < -0.3 is 15.7 Å². The molecule has 4 heteroatoms. The molecule has 3 N–H and O–H groups in total. The van der Waals surface area contributed by atoms with Crippen molar-refractivity contribution in [3.8, 4) is 0 Å². The lowest BCUT2D eigenvalue weighted by Crippen LogP contribution is -2.12. The summed E-state index contributed by atoms with van der Waals surface area (Å²) < 4.78 is 0. The van der Waals surface area contributed by atoms with E-state index in [9.17, 15) is 5.11 Å². The molecule has 104 valence electrons. The Hall–Kier alpha value is -2.07. The number of aryl methyl sites for hydroxylation is 1. The van der Waals surface area contributed by atoms with E-state index in [4.69, 9.17) is 5.73 Å². The van der Waals surface area contributed by atoms with Crippen molar-refractivity contribution in [1.29, 1.82) is 0 Å². The van der Waals surface area contributed by atoms with Gasteiger partial charge in [-0.25, -0.2) is 4.98 Å². The zero-order valence-corrected chi connectivity index (χ0v) is 11.8. The molecule has 0 fully saturated rings. The summed E-state index contributed by atoms with van der Waals surface area (Å²) in [4.78, 5) is 6.35. The van der Waals surface area contributed by atoms with E-state index in [-0.39, 0.29) is 0 Å². The monoisotopic (exact) mass is 269 g/mol. The third-order valence-corrected chi connectivity index (χ3v) is 3.93. The molecule has 0 saturated heterocycles. The van der Waals surface area contributed by atoms with Gasteiger partial charge in [-0.15, -0.1) is 0 Å². The molecule has 0 amide bonds. The fourth-order valence-corrected chi connectivity index (χ4v) is 2.76. The van der Waals surface area contributed by atoms with Crippen LogP contribution in [0.1, 0.15) is 28.4 Å². The molecule has 0 bridgehead atoms. The molecule has 1 aliphatic rings. The Kier molecular flexibility index (Phi) is 3.10. The van der Waals surface area contributed by atoms with Crippen molar-refractivity contribution in [3.63, 3.8) is 0 Å². The fourth-order valence-electron chi connectivity index (χ4n) is 2.76.